The fraction of sp³-hybridized carbons (Fsp3) is 0.174. The molecule has 1 N–H and O–H groups in total. The van der Waals surface area contributed by atoms with Crippen molar-refractivity contribution < 1.29 is 18.8 Å². The highest BCUT2D eigenvalue weighted by molar-refractivity contribution is 6.08. The molecule has 0 saturated heterocycles. The highest BCUT2D eigenvalue weighted by Gasteiger charge is 2.23. The van der Waals surface area contributed by atoms with Crippen LogP contribution in [-0.2, 0) is 0 Å². The Labute approximate surface area is 179 Å². The van der Waals surface area contributed by atoms with Crippen molar-refractivity contribution in [2.75, 3.05) is 19.5 Å². The number of aryl methyl sites for hydroxylation is 2. The Morgan fingerprint density at radius 2 is 1.84 bits per heavy atom. The summed E-state index contributed by atoms with van der Waals surface area (Å²) >= 11 is 0. The van der Waals surface area contributed by atoms with Crippen molar-refractivity contribution in [3.63, 3.8) is 0 Å². The fourth-order valence-electron chi connectivity index (χ4n) is 3.29. The highest BCUT2D eigenvalue weighted by Crippen LogP contribution is 2.35. The number of carbonyl (C=O) groups excluding carboxylic acids is 1. The predicted molar refractivity (Wildman–Crippen MR) is 116 cm³/mol. The Morgan fingerprint density at radius 1 is 1.06 bits per heavy atom. The van der Waals surface area contributed by atoms with Gasteiger partial charge >= 0.3 is 0 Å². The SMILES string of the molecule is COc1ccc(OC)c(-c2nn(-c3ccccc3)cc2C(=O)Nc2c(C)noc2C)c1. The molecule has 0 fully saturated rings. The van der Waals surface area contributed by atoms with Crippen LogP contribution in [0.15, 0.2) is 59.3 Å². The van der Waals surface area contributed by atoms with E-state index in [0.717, 1.165) is 5.69 Å². The maximum Gasteiger partial charge on any atom is 0.259 e. The zero-order valence-electron chi connectivity index (χ0n) is 17.7. The number of nitrogens with one attached hydrogen (secondary N) is 1. The van der Waals surface area contributed by atoms with Crippen molar-refractivity contribution in [2.24, 2.45) is 0 Å². The third-order valence-corrected chi connectivity index (χ3v) is 4.91. The Kier molecular flexibility index (Phi) is 5.44. The van der Waals surface area contributed by atoms with E-state index < -0.39 is 0 Å². The van der Waals surface area contributed by atoms with E-state index in [-0.39, 0.29) is 5.91 Å². The van der Waals surface area contributed by atoms with Gasteiger partial charge in [0.15, 0.2) is 5.76 Å². The highest BCUT2D eigenvalue weighted by atomic mass is 16.5. The summed E-state index contributed by atoms with van der Waals surface area (Å²) in [5.41, 5.74) is 3.43. The zero-order valence-corrected chi connectivity index (χ0v) is 17.7. The molecule has 0 radical (unpaired) electrons. The van der Waals surface area contributed by atoms with Crippen molar-refractivity contribution in [3.05, 3.63) is 71.7 Å². The van der Waals surface area contributed by atoms with Crippen LogP contribution < -0.4 is 14.8 Å². The van der Waals surface area contributed by atoms with Crippen molar-refractivity contribution >= 4 is 11.6 Å². The number of nitrogens with zero attached hydrogens (tertiary/aromatic N) is 3. The van der Waals surface area contributed by atoms with Gasteiger partial charge in [0.25, 0.3) is 5.91 Å². The summed E-state index contributed by atoms with van der Waals surface area (Å²) in [6.45, 7) is 3.51. The summed E-state index contributed by atoms with van der Waals surface area (Å²) in [6, 6.07) is 14.9. The van der Waals surface area contributed by atoms with Gasteiger partial charge in [0.05, 0.1) is 25.5 Å². The number of ether oxygens (including phenoxy) is 2. The lowest BCUT2D eigenvalue weighted by atomic mass is 10.1. The molecular weight excluding hydrogens is 396 g/mol. The summed E-state index contributed by atoms with van der Waals surface area (Å²) < 4.78 is 17.7. The molecule has 2 aromatic heterocycles. The monoisotopic (exact) mass is 418 g/mol. The molecule has 0 aliphatic heterocycles. The molecule has 8 heteroatoms. The molecule has 31 heavy (non-hydrogen) atoms. The second-order valence-electron chi connectivity index (χ2n) is 6.89. The number of rotatable bonds is 6. The summed E-state index contributed by atoms with van der Waals surface area (Å²) in [7, 11) is 3.16. The van der Waals surface area contributed by atoms with E-state index in [4.69, 9.17) is 19.1 Å². The van der Waals surface area contributed by atoms with E-state index in [1.54, 1.807) is 57.1 Å². The maximum absolute atomic E-state index is 13.3. The summed E-state index contributed by atoms with van der Waals surface area (Å²) in [5.74, 6) is 1.39. The van der Waals surface area contributed by atoms with E-state index in [0.29, 0.717) is 45.5 Å². The first-order valence-electron chi connectivity index (χ1n) is 9.63. The lowest BCUT2D eigenvalue weighted by Crippen LogP contribution is -2.13. The van der Waals surface area contributed by atoms with Crippen LogP contribution in [0.2, 0.25) is 0 Å². The molecule has 158 valence electrons. The molecule has 1 amide bonds. The average Bonchev–Trinajstić information content (AvgIpc) is 3.38. The van der Waals surface area contributed by atoms with Gasteiger partial charge in [0, 0.05) is 11.8 Å². The van der Waals surface area contributed by atoms with E-state index in [1.807, 2.05) is 30.3 Å². The number of para-hydroxylation sites is 1. The number of methoxy groups -OCH3 is 2. The van der Waals surface area contributed by atoms with Gasteiger partial charge in [-0.15, -0.1) is 0 Å². The number of hydrogen-bond donors (Lipinski definition) is 1. The van der Waals surface area contributed by atoms with Gasteiger partial charge in [-0.05, 0) is 44.2 Å². The Bertz CT molecular complexity index is 1210. The van der Waals surface area contributed by atoms with Crippen molar-refractivity contribution in [2.45, 2.75) is 13.8 Å². The lowest BCUT2D eigenvalue weighted by molar-refractivity contribution is 0.102. The van der Waals surface area contributed by atoms with E-state index in [9.17, 15) is 4.79 Å². The molecule has 4 aromatic rings. The molecule has 0 aliphatic carbocycles. The number of benzene rings is 2. The third-order valence-electron chi connectivity index (χ3n) is 4.91. The van der Waals surface area contributed by atoms with Gasteiger partial charge < -0.3 is 19.3 Å². The second kappa shape index (κ2) is 8.35. The van der Waals surface area contributed by atoms with Crippen molar-refractivity contribution in [1.29, 1.82) is 0 Å². The van der Waals surface area contributed by atoms with Gasteiger partial charge in [-0.3, -0.25) is 4.79 Å². The molecule has 0 unspecified atom stereocenters. The Morgan fingerprint density at radius 3 is 2.48 bits per heavy atom. The first-order valence-corrected chi connectivity index (χ1v) is 9.63. The molecule has 0 aliphatic rings. The largest absolute Gasteiger partial charge is 0.497 e. The van der Waals surface area contributed by atoms with E-state index in [2.05, 4.69) is 10.5 Å². The fourth-order valence-corrected chi connectivity index (χ4v) is 3.29. The number of anilines is 1. The molecular formula is C23H22N4O4. The standard InChI is InChI=1S/C23H22N4O4/c1-14-21(15(2)31-26-14)24-23(28)19-13-27(16-8-6-5-7-9-16)25-22(19)18-12-17(29-3)10-11-20(18)30-4/h5-13H,1-4H3,(H,24,28). The molecule has 0 atom stereocenters. The smallest absolute Gasteiger partial charge is 0.259 e. The zero-order chi connectivity index (χ0) is 22.0. The quantitative estimate of drug-likeness (QED) is 0.499. The predicted octanol–water partition coefficient (Wildman–Crippen LogP) is 4.41. The Balaban J connectivity index is 1.86. The molecule has 0 bridgehead atoms. The average molecular weight is 418 g/mol. The lowest BCUT2D eigenvalue weighted by Gasteiger charge is -2.10. The normalized spacial score (nSPS) is 10.7. The Hall–Kier alpha value is -4.07. The third kappa shape index (κ3) is 3.87. The minimum absolute atomic E-state index is 0.337. The summed E-state index contributed by atoms with van der Waals surface area (Å²) in [4.78, 5) is 13.3. The maximum atomic E-state index is 13.3. The molecule has 0 saturated carbocycles. The van der Waals surface area contributed by atoms with E-state index >= 15 is 0 Å². The van der Waals surface area contributed by atoms with Crippen LogP contribution >= 0.6 is 0 Å². The van der Waals surface area contributed by atoms with Gasteiger partial charge in [-0.25, -0.2) is 4.68 Å². The van der Waals surface area contributed by atoms with Crippen LogP contribution in [0.3, 0.4) is 0 Å². The van der Waals surface area contributed by atoms with Gasteiger partial charge in [0.1, 0.15) is 28.6 Å². The van der Waals surface area contributed by atoms with Crippen LogP contribution in [-0.4, -0.2) is 35.1 Å². The number of aromatic nitrogens is 3. The van der Waals surface area contributed by atoms with Crippen LogP contribution in [0.25, 0.3) is 16.9 Å². The first kappa shape index (κ1) is 20.2. The minimum Gasteiger partial charge on any atom is -0.497 e. The van der Waals surface area contributed by atoms with Gasteiger partial charge in [-0.2, -0.15) is 5.10 Å². The number of hydrogen-bond acceptors (Lipinski definition) is 6. The van der Waals surface area contributed by atoms with Crippen LogP contribution in [0, 0.1) is 13.8 Å². The second-order valence-corrected chi connectivity index (χ2v) is 6.89. The van der Waals surface area contributed by atoms with Gasteiger partial charge in [-0.1, -0.05) is 23.4 Å². The first-order chi connectivity index (χ1) is 15.0. The minimum atomic E-state index is -0.337. The van der Waals surface area contributed by atoms with Crippen LogP contribution in [0.4, 0.5) is 5.69 Å². The van der Waals surface area contributed by atoms with Gasteiger partial charge in [0.2, 0.25) is 0 Å². The summed E-state index contributed by atoms with van der Waals surface area (Å²) in [5, 5.41) is 11.5. The summed E-state index contributed by atoms with van der Waals surface area (Å²) in [6.07, 6.45) is 1.69. The topological polar surface area (TPSA) is 91.4 Å². The van der Waals surface area contributed by atoms with E-state index in [1.165, 1.54) is 0 Å². The number of amides is 1. The molecule has 4 rings (SSSR count). The van der Waals surface area contributed by atoms with Crippen molar-refractivity contribution in [3.8, 4) is 28.4 Å². The van der Waals surface area contributed by atoms with Crippen LogP contribution in [0.5, 0.6) is 11.5 Å². The molecule has 2 aromatic carbocycles. The molecule has 8 nitrogen and oxygen atoms in total. The molecule has 2 heterocycles. The molecule has 0 spiro atoms. The number of carbonyl (C=O) groups is 1. The van der Waals surface area contributed by atoms with Crippen molar-refractivity contribution in [1.82, 2.24) is 14.9 Å². The van der Waals surface area contributed by atoms with Crippen LogP contribution in [0.1, 0.15) is 21.8 Å².